The zero-order valence-electron chi connectivity index (χ0n) is 15.0. The van der Waals surface area contributed by atoms with Gasteiger partial charge in [0.1, 0.15) is 11.6 Å². The first-order valence-corrected chi connectivity index (χ1v) is 8.95. The molecule has 1 aliphatic heterocycles. The van der Waals surface area contributed by atoms with Crippen LogP contribution in [0.4, 0.5) is 5.82 Å². The van der Waals surface area contributed by atoms with E-state index in [1.54, 1.807) is 0 Å². The highest BCUT2D eigenvalue weighted by Crippen LogP contribution is 2.24. The molecule has 0 bridgehead atoms. The Balaban J connectivity index is 2.08. The van der Waals surface area contributed by atoms with Gasteiger partial charge in [0, 0.05) is 31.7 Å². The van der Waals surface area contributed by atoms with Crippen molar-refractivity contribution in [1.29, 1.82) is 0 Å². The van der Waals surface area contributed by atoms with Crippen molar-refractivity contribution in [2.24, 2.45) is 5.92 Å². The van der Waals surface area contributed by atoms with Crippen LogP contribution in [-0.4, -0.2) is 46.5 Å². The van der Waals surface area contributed by atoms with E-state index in [9.17, 15) is 4.79 Å². The first-order valence-electron chi connectivity index (χ1n) is 8.95. The lowest BCUT2D eigenvalue weighted by Gasteiger charge is -2.32. The van der Waals surface area contributed by atoms with Crippen molar-refractivity contribution in [3.63, 3.8) is 0 Å². The minimum atomic E-state index is 0.164. The van der Waals surface area contributed by atoms with Crippen LogP contribution >= 0.6 is 0 Å². The maximum atomic E-state index is 12.9. The van der Waals surface area contributed by atoms with Gasteiger partial charge in [0.15, 0.2) is 0 Å². The molecule has 1 amide bonds. The predicted molar refractivity (Wildman–Crippen MR) is 93.5 cm³/mol. The number of anilines is 1. The standard InChI is InChI=1S/C18H30N4O/c1-5-11-22(18(23)15(6-2)7-3)16-9-12-21(13-16)17-8-10-19-14(4)20-17/h8,10,15-16H,5-7,9,11-13H2,1-4H3. The fraction of sp³-hybridized carbons (Fsp3) is 0.722. The summed E-state index contributed by atoms with van der Waals surface area (Å²) in [6.07, 6.45) is 5.70. The van der Waals surface area contributed by atoms with Gasteiger partial charge < -0.3 is 9.80 Å². The molecule has 5 nitrogen and oxygen atoms in total. The van der Waals surface area contributed by atoms with Gasteiger partial charge in [-0.15, -0.1) is 0 Å². The van der Waals surface area contributed by atoms with Gasteiger partial charge in [-0.3, -0.25) is 4.79 Å². The molecule has 1 unspecified atom stereocenters. The van der Waals surface area contributed by atoms with Crippen LogP contribution in [-0.2, 0) is 4.79 Å². The summed E-state index contributed by atoms with van der Waals surface area (Å²) in [5, 5.41) is 0. The summed E-state index contributed by atoms with van der Waals surface area (Å²) >= 11 is 0. The van der Waals surface area contributed by atoms with E-state index < -0.39 is 0 Å². The lowest BCUT2D eigenvalue weighted by atomic mass is 10.0. The molecule has 1 aromatic heterocycles. The number of hydrogen-bond donors (Lipinski definition) is 0. The molecular formula is C18H30N4O. The molecule has 0 N–H and O–H groups in total. The number of carbonyl (C=O) groups excluding carboxylic acids is 1. The van der Waals surface area contributed by atoms with E-state index in [0.717, 1.165) is 57.0 Å². The van der Waals surface area contributed by atoms with Gasteiger partial charge in [-0.1, -0.05) is 20.8 Å². The Kier molecular flexibility index (Phi) is 6.37. The summed E-state index contributed by atoms with van der Waals surface area (Å²) in [5.74, 6) is 2.27. The van der Waals surface area contributed by atoms with E-state index in [2.05, 4.69) is 40.5 Å². The molecule has 2 rings (SSSR count). The molecule has 128 valence electrons. The number of carbonyl (C=O) groups is 1. The van der Waals surface area contributed by atoms with E-state index in [-0.39, 0.29) is 5.92 Å². The molecule has 5 heteroatoms. The second-order valence-electron chi connectivity index (χ2n) is 6.40. The summed E-state index contributed by atoms with van der Waals surface area (Å²) in [7, 11) is 0. The topological polar surface area (TPSA) is 49.3 Å². The third-order valence-corrected chi connectivity index (χ3v) is 4.77. The van der Waals surface area contributed by atoms with Crippen LogP contribution in [0.15, 0.2) is 12.3 Å². The minimum absolute atomic E-state index is 0.164. The Bertz CT molecular complexity index is 515. The largest absolute Gasteiger partial charge is 0.354 e. The highest BCUT2D eigenvalue weighted by molar-refractivity contribution is 5.79. The van der Waals surface area contributed by atoms with Crippen LogP contribution in [0.2, 0.25) is 0 Å². The molecule has 0 saturated carbocycles. The normalized spacial score (nSPS) is 17.8. The number of aryl methyl sites for hydroxylation is 1. The molecule has 23 heavy (non-hydrogen) atoms. The SMILES string of the molecule is CCCN(C(=O)C(CC)CC)C1CCN(c2ccnc(C)n2)C1. The van der Waals surface area contributed by atoms with E-state index in [1.807, 2.05) is 19.2 Å². The summed E-state index contributed by atoms with van der Waals surface area (Å²) < 4.78 is 0. The van der Waals surface area contributed by atoms with Crippen molar-refractivity contribution in [3.8, 4) is 0 Å². The minimum Gasteiger partial charge on any atom is -0.354 e. The van der Waals surface area contributed by atoms with Crippen LogP contribution < -0.4 is 4.90 Å². The molecule has 1 atom stereocenters. The van der Waals surface area contributed by atoms with Gasteiger partial charge >= 0.3 is 0 Å². The lowest BCUT2D eigenvalue weighted by Crippen LogP contribution is -2.45. The van der Waals surface area contributed by atoms with Gasteiger partial charge in [-0.25, -0.2) is 9.97 Å². The molecule has 1 saturated heterocycles. The Hall–Kier alpha value is -1.65. The van der Waals surface area contributed by atoms with Crippen molar-refractivity contribution < 1.29 is 4.79 Å². The van der Waals surface area contributed by atoms with Crippen LogP contribution in [0.25, 0.3) is 0 Å². The second-order valence-corrected chi connectivity index (χ2v) is 6.40. The molecule has 1 aliphatic rings. The van der Waals surface area contributed by atoms with Crippen molar-refractivity contribution in [3.05, 3.63) is 18.1 Å². The Morgan fingerprint density at radius 3 is 2.74 bits per heavy atom. The first-order chi connectivity index (χ1) is 11.1. The Labute approximate surface area is 140 Å². The smallest absolute Gasteiger partial charge is 0.225 e. The third kappa shape index (κ3) is 4.21. The van der Waals surface area contributed by atoms with Gasteiger partial charge in [-0.05, 0) is 38.7 Å². The zero-order valence-corrected chi connectivity index (χ0v) is 15.0. The van der Waals surface area contributed by atoms with Gasteiger partial charge in [0.25, 0.3) is 0 Å². The van der Waals surface area contributed by atoms with E-state index in [0.29, 0.717) is 11.9 Å². The van der Waals surface area contributed by atoms with Crippen molar-refractivity contribution in [1.82, 2.24) is 14.9 Å². The number of hydrogen-bond acceptors (Lipinski definition) is 4. The quantitative estimate of drug-likeness (QED) is 0.775. The number of rotatable bonds is 7. The van der Waals surface area contributed by atoms with Crippen LogP contribution in [0.5, 0.6) is 0 Å². The molecular weight excluding hydrogens is 288 g/mol. The highest BCUT2D eigenvalue weighted by Gasteiger charge is 2.33. The molecule has 0 radical (unpaired) electrons. The fourth-order valence-corrected chi connectivity index (χ4v) is 3.41. The van der Waals surface area contributed by atoms with Crippen molar-refractivity contribution >= 4 is 11.7 Å². The fourth-order valence-electron chi connectivity index (χ4n) is 3.41. The number of amides is 1. The van der Waals surface area contributed by atoms with Crippen LogP contribution in [0.3, 0.4) is 0 Å². The van der Waals surface area contributed by atoms with Gasteiger partial charge in [0.05, 0.1) is 6.04 Å². The Morgan fingerprint density at radius 1 is 1.39 bits per heavy atom. The molecule has 1 fully saturated rings. The maximum Gasteiger partial charge on any atom is 0.225 e. The molecule has 0 spiro atoms. The summed E-state index contributed by atoms with van der Waals surface area (Å²) in [4.78, 5) is 26.0. The molecule has 1 aromatic rings. The van der Waals surface area contributed by atoms with E-state index in [4.69, 9.17) is 0 Å². The molecule has 0 aliphatic carbocycles. The average Bonchev–Trinajstić information content (AvgIpc) is 3.03. The van der Waals surface area contributed by atoms with Crippen molar-refractivity contribution in [2.45, 2.75) is 59.4 Å². The van der Waals surface area contributed by atoms with Gasteiger partial charge in [0.2, 0.25) is 5.91 Å². The van der Waals surface area contributed by atoms with Crippen LogP contribution in [0, 0.1) is 12.8 Å². The number of aromatic nitrogens is 2. The van der Waals surface area contributed by atoms with E-state index >= 15 is 0 Å². The lowest BCUT2D eigenvalue weighted by molar-refractivity contribution is -0.137. The summed E-state index contributed by atoms with van der Waals surface area (Å²) in [5.41, 5.74) is 0. The summed E-state index contributed by atoms with van der Waals surface area (Å²) in [6.45, 7) is 11.0. The first kappa shape index (κ1) is 17.7. The average molecular weight is 318 g/mol. The van der Waals surface area contributed by atoms with Crippen molar-refractivity contribution in [2.75, 3.05) is 24.5 Å². The predicted octanol–water partition coefficient (Wildman–Crippen LogP) is 3.04. The Morgan fingerprint density at radius 2 is 2.13 bits per heavy atom. The van der Waals surface area contributed by atoms with E-state index in [1.165, 1.54) is 0 Å². The zero-order chi connectivity index (χ0) is 16.8. The summed E-state index contributed by atoms with van der Waals surface area (Å²) in [6, 6.07) is 2.26. The monoisotopic (exact) mass is 318 g/mol. The van der Waals surface area contributed by atoms with Gasteiger partial charge in [-0.2, -0.15) is 0 Å². The molecule has 0 aromatic carbocycles. The number of nitrogens with zero attached hydrogens (tertiary/aromatic N) is 4. The second kappa shape index (κ2) is 8.27. The molecule has 2 heterocycles. The highest BCUT2D eigenvalue weighted by atomic mass is 16.2. The maximum absolute atomic E-state index is 12.9. The van der Waals surface area contributed by atoms with Crippen LogP contribution in [0.1, 0.15) is 52.3 Å². The third-order valence-electron chi connectivity index (χ3n) is 4.77.